The first-order chi connectivity index (χ1) is 13.0. The third kappa shape index (κ3) is 3.17. The Balaban J connectivity index is 1.72. The molecule has 0 unspecified atom stereocenters. The number of hydrogen-bond acceptors (Lipinski definition) is 5. The number of hydrogen-bond donors (Lipinski definition) is 1. The maximum absolute atomic E-state index is 13.1. The second kappa shape index (κ2) is 6.71. The Morgan fingerprint density at radius 2 is 1.70 bits per heavy atom. The van der Waals surface area contributed by atoms with Gasteiger partial charge in [-0.3, -0.25) is 0 Å². The largest absolute Gasteiger partial charge is 0.478 e. The van der Waals surface area contributed by atoms with E-state index in [1.807, 2.05) is 0 Å². The number of carboxylic acids is 1. The van der Waals surface area contributed by atoms with Crippen LogP contribution in [0.5, 0.6) is 0 Å². The zero-order chi connectivity index (χ0) is 19.0. The van der Waals surface area contributed by atoms with Crippen molar-refractivity contribution < 1.29 is 23.1 Å². The van der Waals surface area contributed by atoms with E-state index in [-0.39, 0.29) is 10.5 Å². The Kier molecular flexibility index (Phi) is 4.37. The molecule has 8 heteroatoms. The fraction of sp³-hybridized carbons (Fsp3) is 0.211. The van der Waals surface area contributed by atoms with Gasteiger partial charge in [0.25, 0.3) is 10.0 Å². The molecule has 1 aromatic heterocycles. The predicted molar refractivity (Wildman–Crippen MR) is 101 cm³/mol. The van der Waals surface area contributed by atoms with Crippen LogP contribution in [0.1, 0.15) is 10.4 Å². The average Bonchev–Trinajstić information content (AvgIpc) is 3.13. The number of fused-ring (bicyclic) bond motifs is 1. The summed E-state index contributed by atoms with van der Waals surface area (Å²) in [6.45, 7) is 2.85. The number of carboxylic acid groups (broad SMARTS) is 1. The van der Waals surface area contributed by atoms with E-state index in [4.69, 9.17) is 4.74 Å². The molecule has 1 aliphatic rings. The van der Waals surface area contributed by atoms with Gasteiger partial charge in [0, 0.05) is 30.4 Å². The number of aromatic carboxylic acids is 1. The van der Waals surface area contributed by atoms with Gasteiger partial charge in [0.2, 0.25) is 0 Å². The minimum absolute atomic E-state index is 0.0420. The highest BCUT2D eigenvalue weighted by molar-refractivity contribution is 7.90. The Morgan fingerprint density at radius 1 is 1.00 bits per heavy atom. The van der Waals surface area contributed by atoms with Crippen LogP contribution < -0.4 is 4.90 Å². The summed E-state index contributed by atoms with van der Waals surface area (Å²) in [6, 6.07) is 12.8. The lowest BCUT2D eigenvalue weighted by atomic mass is 10.2. The van der Waals surface area contributed by atoms with Crippen LogP contribution in [0.3, 0.4) is 0 Å². The van der Waals surface area contributed by atoms with E-state index in [9.17, 15) is 18.3 Å². The number of aromatic nitrogens is 1. The van der Waals surface area contributed by atoms with Gasteiger partial charge < -0.3 is 14.7 Å². The number of morpholine rings is 1. The minimum Gasteiger partial charge on any atom is -0.478 e. The molecule has 0 saturated carbocycles. The highest BCUT2D eigenvalue weighted by Crippen LogP contribution is 2.25. The van der Waals surface area contributed by atoms with Gasteiger partial charge >= 0.3 is 5.97 Å². The highest BCUT2D eigenvalue weighted by Gasteiger charge is 2.20. The maximum atomic E-state index is 13.1. The first-order valence-electron chi connectivity index (χ1n) is 8.49. The van der Waals surface area contributed by atoms with Gasteiger partial charge in [0.15, 0.2) is 0 Å². The number of carbonyl (C=O) groups is 1. The Bertz CT molecular complexity index is 1100. The molecule has 0 aliphatic carbocycles. The standard InChI is InChI=1S/C19H18N2O5S/c22-19(23)15-2-1-14-7-8-21(18(14)13-15)27(24,25)17-5-3-16(4-6-17)20-9-11-26-12-10-20/h1-8,13H,9-12H2,(H,22,23). The van der Waals surface area contributed by atoms with E-state index in [0.29, 0.717) is 24.1 Å². The van der Waals surface area contributed by atoms with Crippen LogP contribution in [-0.2, 0) is 14.8 Å². The molecule has 4 rings (SSSR count). The summed E-state index contributed by atoms with van der Waals surface area (Å²) in [5.74, 6) is -1.10. The molecule has 1 N–H and O–H groups in total. The zero-order valence-electron chi connectivity index (χ0n) is 14.4. The van der Waals surface area contributed by atoms with E-state index in [1.165, 1.54) is 18.3 Å². The van der Waals surface area contributed by atoms with Crippen molar-refractivity contribution in [3.63, 3.8) is 0 Å². The van der Waals surface area contributed by atoms with Crippen molar-refractivity contribution in [3.8, 4) is 0 Å². The molecule has 140 valence electrons. The summed E-state index contributed by atoms with van der Waals surface area (Å²) in [5, 5.41) is 9.84. The van der Waals surface area contributed by atoms with Gasteiger partial charge in [-0.1, -0.05) is 6.07 Å². The van der Waals surface area contributed by atoms with Crippen LogP contribution in [-0.4, -0.2) is 49.8 Å². The van der Waals surface area contributed by atoms with Crippen LogP contribution in [0, 0.1) is 0 Å². The van der Waals surface area contributed by atoms with Crippen LogP contribution in [0.4, 0.5) is 5.69 Å². The van der Waals surface area contributed by atoms with Crippen molar-refractivity contribution >= 4 is 32.6 Å². The van der Waals surface area contributed by atoms with Crippen molar-refractivity contribution in [2.24, 2.45) is 0 Å². The molecule has 0 spiro atoms. The molecule has 2 heterocycles. The summed E-state index contributed by atoms with van der Waals surface area (Å²) in [6.07, 6.45) is 1.45. The number of nitrogens with zero attached hydrogens (tertiary/aromatic N) is 2. The van der Waals surface area contributed by atoms with E-state index in [1.54, 1.807) is 36.4 Å². The molecule has 2 aromatic carbocycles. The lowest BCUT2D eigenvalue weighted by molar-refractivity contribution is 0.0697. The number of benzene rings is 2. The average molecular weight is 386 g/mol. The van der Waals surface area contributed by atoms with Crippen molar-refractivity contribution in [1.82, 2.24) is 3.97 Å². The van der Waals surface area contributed by atoms with Crippen LogP contribution >= 0.6 is 0 Å². The molecule has 0 amide bonds. The number of anilines is 1. The third-order valence-electron chi connectivity index (χ3n) is 4.67. The van der Waals surface area contributed by atoms with Crippen LogP contribution in [0.2, 0.25) is 0 Å². The quantitative estimate of drug-likeness (QED) is 0.741. The monoisotopic (exact) mass is 386 g/mol. The normalized spacial score (nSPS) is 15.2. The molecule has 27 heavy (non-hydrogen) atoms. The van der Waals surface area contributed by atoms with Gasteiger partial charge in [0.05, 0.1) is 29.2 Å². The smallest absolute Gasteiger partial charge is 0.335 e. The molecule has 0 atom stereocenters. The second-order valence-corrected chi connectivity index (χ2v) is 8.10. The summed E-state index contributed by atoms with van der Waals surface area (Å²) in [7, 11) is -3.83. The van der Waals surface area contributed by atoms with E-state index < -0.39 is 16.0 Å². The maximum Gasteiger partial charge on any atom is 0.335 e. The lowest BCUT2D eigenvalue weighted by Gasteiger charge is -2.28. The molecule has 7 nitrogen and oxygen atoms in total. The first kappa shape index (κ1) is 17.6. The fourth-order valence-corrected chi connectivity index (χ4v) is 4.56. The van der Waals surface area contributed by atoms with Crippen LogP contribution in [0.25, 0.3) is 10.9 Å². The SMILES string of the molecule is O=C(O)c1ccc2ccn(S(=O)(=O)c3ccc(N4CCOCC4)cc3)c2c1. The van der Waals surface area contributed by atoms with Gasteiger partial charge in [-0.2, -0.15) is 0 Å². The summed E-state index contributed by atoms with van der Waals surface area (Å²) >= 11 is 0. The molecule has 3 aromatic rings. The zero-order valence-corrected chi connectivity index (χ0v) is 15.2. The van der Waals surface area contributed by atoms with E-state index in [0.717, 1.165) is 22.7 Å². The fourth-order valence-electron chi connectivity index (χ4n) is 3.21. The first-order valence-corrected chi connectivity index (χ1v) is 9.93. The molecular weight excluding hydrogens is 368 g/mol. The van der Waals surface area contributed by atoms with Gasteiger partial charge in [-0.25, -0.2) is 17.2 Å². The number of ether oxygens (including phenoxy) is 1. The molecule has 0 bridgehead atoms. The third-order valence-corrected chi connectivity index (χ3v) is 6.38. The highest BCUT2D eigenvalue weighted by atomic mass is 32.2. The molecular formula is C19H18N2O5S. The molecule has 0 radical (unpaired) electrons. The minimum atomic E-state index is -3.83. The predicted octanol–water partition coefficient (Wildman–Crippen LogP) is 2.41. The second-order valence-electron chi connectivity index (χ2n) is 6.29. The molecule has 1 saturated heterocycles. The molecule has 1 fully saturated rings. The van der Waals surface area contributed by atoms with Crippen molar-refractivity contribution in [2.45, 2.75) is 4.90 Å². The van der Waals surface area contributed by atoms with E-state index >= 15 is 0 Å². The van der Waals surface area contributed by atoms with Crippen molar-refractivity contribution in [3.05, 3.63) is 60.3 Å². The Morgan fingerprint density at radius 3 is 2.37 bits per heavy atom. The Hall–Kier alpha value is -2.84. The Labute approximate surface area is 156 Å². The number of rotatable bonds is 4. The summed E-state index contributed by atoms with van der Waals surface area (Å²) in [4.78, 5) is 13.5. The lowest BCUT2D eigenvalue weighted by Crippen LogP contribution is -2.36. The van der Waals surface area contributed by atoms with Gasteiger partial charge in [-0.15, -0.1) is 0 Å². The van der Waals surface area contributed by atoms with Crippen LogP contribution in [0.15, 0.2) is 59.6 Å². The van der Waals surface area contributed by atoms with E-state index in [2.05, 4.69) is 4.90 Å². The molecule has 1 aliphatic heterocycles. The van der Waals surface area contributed by atoms with Gasteiger partial charge in [-0.05, 0) is 42.5 Å². The topological polar surface area (TPSA) is 88.8 Å². The van der Waals surface area contributed by atoms with Crippen molar-refractivity contribution in [2.75, 3.05) is 31.2 Å². The van der Waals surface area contributed by atoms with Gasteiger partial charge in [0.1, 0.15) is 0 Å². The summed E-state index contributed by atoms with van der Waals surface area (Å²) < 4.78 is 32.6. The van der Waals surface area contributed by atoms with Crippen molar-refractivity contribution in [1.29, 1.82) is 0 Å². The summed E-state index contributed by atoms with van der Waals surface area (Å²) in [5.41, 5.74) is 1.33.